The molecule has 3 heterocycles. The molecule has 0 atom stereocenters. The molecule has 4 amide bonds. The van der Waals surface area contributed by atoms with Crippen LogP contribution in [0.2, 0.25) is 0 Å². The lowest BCUT2D eigenvalue weighted by molar-refractivity contribution is -0.128. The minimum absolute atomic E-state index is 0.0335. The van der Waals surface area contributed by atoms with Crippen LogP contribution in [0.1, 0.15) is 16.2 Å². The Labute approximate surface area is 108 Å². The molecular weight excluding hydrogens is 252 g/mol. The van der Waals surface area contributed by atoms with Crippen molar-refractivity contribution in [2.24, 2.45) is 0 Å². The number of nitrogens with one attached hydrogen (secondary N) is 1. The van der Waals surface area contributed by atoms with E-state index in [1.807, 2.05) is 0 Å². The summed E-state index contributed by atoms with van der Waals surface area (Å²) in [4.78, 5) is 37.6. The van der Waals surface area contributed by atoms with E-state index in [1.165, 1.54) is 9.80 Å². The molecule has 0 unspecified atom stereocenters. The molecule has 19 heavy (non-hydrogen) atoms. The quantitative estimate of drug-likeness (QED) is 0.717. The number of aromatic nitrogens is 1. The highest BCUT2D eigenvalue weighted by atomic mass is 16.5. The lowest BCUT2D eigenvalue weighted by Crippen LogP contribution is -2.62. The molecule has 1 N–H and O–H groups in total. The zero-order valence-electron chi connectivity index (χ0n) is 10.3. The molecule has 8 heteroatoms. The third-order valence-electron chi connectivity index (χ3n) is 3.24. The van der Waals surface area contributed by atoms with Gasteiger partial charge in [-0.2, -0.15) is 0 Å². The molecule has 0 saturated carbocycles. The summed E-state index contributed by atoms with van der Waals surface area (Å²) in [7, 11) is 0. The number of hydrogen-bond acceptors (Lipinski definition) is 5. The van der Waals surface area contributed by atoms with Gasteiger partial charge in [0.2, 0.25) is 5.91 Å². The van der Waals surface area contributed by atoms with E-state index >= 15 is 0 Å². The van der Waals surface area contributed by atoms with Crippen molar-refractivity contribution in [2.45, 2.75) is 13.0 Å². The molecule has 0 aromatic carbocycles. The fourth-order valence-corrected chi connectivity index (χ4v) is 2.22. The molecule has 0 spiro atoms. The van der Waals surface area contributed by atoms with Crippen LogP contribution in [0.3, 0.4) is 0 Å². The summed E-state index contributed by atoms with van der Waals surface area (Å²) in [5.74, 6) is 0.0639. The summed E-state index contributed by atoms with van der Waals surface area (Å²) in [6, 6.07) is 0.926. The number of likely N-dealkylation sites (tertiary alicyclic amines) is 1. The second-order valence-corrected chi connectivity index (χ2v) is 4.61. The van der Waals surface area contributed by atoms with Crippen LogP contribution in [0.4, 0.5) is 4.79 Å². The van der Waals surface area contributed by atoms with Gasteiger partial charge in [-0.3, -0.25) is 14.5 Å². The van der Waals surface area contributed by atoms with Gasteiger partial charge < -0.3 is 14.7 Å². The first-order valence-electron chi connectivity index (χ1n) is 5.89. The van der Waals surface area contributed by atoms with Crippen molar-refractivity contribution in [1.82, 2.24) is 20.3 Å². The maximum atomic E-state index is 12.0. The summed E-state index contributed by atoms with van der Waals surface area (Å²) in [6.07, 6.45) is 0. The van der Waals surface area contributed by atoms with Crippen LogP contribution < -0.4 is 5.32 Å². The second kappa shape index (κ2) is 4.08. The van der Waals surface area contributed by atoms with Crippen molar-refractivity contribution in [3.8, 4) is 0 Å². The van der Waals surface area contributed by atoms with Gasteiger partial charge in [0.25, 0.3) is 5.91 Å². The maximum absolute atomic E-state index is 12.0. The van der Waals surface area contributed by atoms with Crippen LogP contribution in [-0.2, 0) is 4.79 Å². The Morgan fingerprint density at radius 3 is 2.74 bits per heavy atom. The molecule has 100 valence electrons. The van der Waals surface area contributed by atoms with Gasteiger partial charge in [0.15, 0.2) is 5.69 Å². The summed E-state index contributed by atoms with van der Waals surface area (Å²) >= 11 is 0. The highest BCUT2D eigenvalue weighted by molar-refractivity contribution is 6.02. The number of amides is 4. The Morgan fingerprint density at radius 2 is 2.21 bits per heavy atom. The van der Waals surface area contributed by atoms with Crippen LogP contribution in [0, 0.1) is 6.92 Å². The van der Waals surface area contributed by atoms with Gasteiger partial charge in [-0.1, -0.05) is 5.16 Å². The Bertz CT molecular complexity index is 545. The number of carbonyl (C=O) groups is 3. The SMILES string of the molecule is Cc1cc(C(=O)N2CC(N3C(=O)CNC3=O)C2)no1. The first kappa shape index (κ1) is 11.7. The summed E-state index contributed by atoms with van der Waals surface area (Å²) < 4.78 is 4.84. The highest BCUT2D eigenvalue weighted by Gasteiger charge is 2.43. The normalized spacial score (nSPS) is 19.6. The Kier molecular flexibility index (Phi) is 2.51. The zero-order valence-corrected chi connectivity index (χ0v) is 10.3. The van der Waals surface area contributed by atoms with E-state index in [0.717, 1.165) is 0 Å². The summed E-state index contributed by atoms with van der Waals surface area (Å²) in [5.41, 5.74) is 0.244. The molecule has 2 saturated heterocycles. The zero-order chi connectivity index (χ0) is 13.6. The molecule has 8 nitrogen and oxygen atoms in total. The van der Waals surface area contributed by atoms with E-state index in [9.17, 15) is 14.4 Å². The average molecular weight is 264 g/mol. The standard InChI is InChI=1S/C11H12N4O4/c1-6-2-8(13-19-6)10(17)14-4-7(5-14)15-9(16)3-12-11(15)18/h2,7H,3-5H2,1H3,(H,12,18). The lowest BCUT2D eigenvalue weighted by Gasteiger charge is -2.41. The monoisotopic (exact) mass is 264 g/mol. The predicted molar refractivity (Wildman–Crippen MR) is 61.2 cm³/mol. The van der Waals surface area contributed by atoms with Gasteiger partial charge >= 0.3 is 6.03 Å². The molecular formula is C11H12N4O4. The number of imide groups is 1. The predicted octanol–water partition coefficient (Wildman–Crippen LogP) is -0.641. The molecule has 1 aromatic heterocycles. The Balaban J connectivity index is 1.62. The van der Waals surface area contributed by atoms with E-state index in [2.05, 4.69) is 10.5 Å². The van der Waals surface area contributed by atoms with E-state index in [0.29, 0.717) is 18.8 Å². The van der Waals surface area contributed by atoms with Gasteiger partial charge in [-0.05, 0) is 6.92 Å². The number of urea groups is 1. The van der Waals surface area contributed by atoms with E-state index in [4.69, 9.17) is 4.52 Å². The number of rotatable bonds is 2. The first-order valence-corrected chi connectivity index (χ1v) is 5.89. The lowest BCUT2D eigenvalue weighted by atomic mass is 10.1. The third-order valence-corrected chi connectivity index (χ3v) is 3.24. The van der Waals surface area contributed by atoms with Gasteiger partial charge in [-0.15, -0.1) is 0 Å². The van der Waals surface area contributed by atoms with Crippen LogP contribution >= 0.6 is 0 Å². The number of carbonyl (C=O) groups excluding carboxylic acids is 3. The topological polar surface area (TPSA) is 95.8 Å². The van der Waals surface area contributed by atoms with Crippen molar-refractivity contribution < 1.29 is 18.9 Å². The largest absolute Gasteiger partial charge is 0.361 e. The van der Waals surface area contributed by atoms with Crippen molar-refractivity contribution in [1.29, 1.82) is 0 Å². The second-order valence-electron chi connectivity index (χ2n) is 4.61. The summed E-state index contributed by atoms with van der Waals surface area (Å²) in [5, 5.41) is 6.10. The van der Waals surface area contributed by atoms with E-state index in [1.54, 1.807) is 13.0 Å². The number of nitrogens with zero attached hydrogens (tertiary/aromatic N) is 3. The van der Waals surface area contributed by atoms with Gasteiger partial charge in [-0.25, -0.2) is 4.79 Å². The summed E-state index contributed by atoms with van der Waals surface area (Å²) in [6.45, 7) is 2.41. The first-order chi connectivity index (χ1) is 9.06. The minimum atomic E-state index is -0.389. The minimum Gasteiger partial charge on any atom is -0.361 e. The van der Waals surface area contributed by atoms with Crippen LogP contribution in [-0.4, -0.2) is 58.5 Å². The maximum Gasteiger partial charge on any atom is 0.324 e. The third kappa shape index (κ3) is 1.85. The van der Waals surface area contributed by atoms with Crippen LogP contribution in [0.5, 0.6) is 0 Å². The smallest absolute Gasteiger partial charge is 0.324 e. The number of aryl methyl sites for hydroxylation is 1. The van der Waals surface area contributed by atoms with Gasteiger partial charge in [0, 0.05) is 19.2 Å². The van der Waals surface area contributed by atoms with Crippen molar-refractivity contribution in [2.75, 3.05) is 19.6 Å². The van der Waals surface area contributed by atoms with Crippen molar-refractivity contribution in [3.05, 3.63) is 17.5 Å². The average Bonchev–Trinajstić information content (AvgIpc) is 2.87. The van der Waals surface area contributed by atoms with Crippen molar-refractivity contribution >= 4 is 17.8 Å². The van der Waals surface area contributed by atoms with Crippen molar-refractivity contribution in [3.63, 3.8) is 0 Å². The number of hydrogen-bond donors (Lipinski definition) is 1. The van der Waals surface area contributed by atoms with Gasteiger partial charge in [0.05, 0.1) is 12.6 Å². The van der Waals surface area contributed by atoms with Crippen LogP contribution in [0.15, 0.2) is 10.6 Å². The molecule has 3 rings (SSSR count). The molecule has 2 aliphatic rings. The molecule has 0 bridgehead atoms. The van der Waals surface area contributed by atoms with Crippen LogP contribution in [0.25, 0.3) is 0 Å². The molecule has 0 aliphatic carbocycles. The molecule has 0 radical (unpaired) electrons. The van der Waals surface area contributed by atoms with E-state index < -0.39 is 0 Å². The highest BCUT2D eigenvalue weighted by Crippen LogP contribution is 2.20. The molecule has 1 aromatic rings. The molecule has 2 fully saturated rings. The Morgan fingerprint density at radius 1 is 1.47 bits per heavy atom. The fraction of sp³-hybridized carbons (Fsp3) is 0.455. The molecule has 2 aliphatic heterocycles. The fourth-order valence-electron chi connectivity index (χ4n) is 2.22. The Hall–Kier alpha value is -2.38. The van der Waals surface area contributed by atoms with Gasteiger partial charge in [0.1, 0.15) is 5.76 Å². The van der Waals surface area contributed by atoms with E-state index in [-0.39, 0.29) is 36.1 Å².